The van der Waals surface area contributed by atoms with Gasteiger partial charge in [0.1, 0.15) is 5.82 Å². The minimum Gasteiger partial charge on any atom is -0.330 e. The molecule has 0 spiro atoms. The molecular weight excluding hydrogens is 482 g/mol. The van der Waals surface area contributed by atoms with Gasteiger partial charge in [-0.25, -0.2) is 4.39 Å². The summed E-state index contributed by atoms with van der Waals surface area (Å²) in [5, 5.41) is 16.9. The summed E-state index contributed by atoms with van der Waals surface area (Å²) in [5.74, 6) is -0.267. The molecule has 0 atom stereocenters. The number of aryl methyl sites for hydroxylation is 1. The molecule has 10 heteroatoms. The molecule has 0 radical (unpaired) electrons. The van der Waals surface area contributed by atoms with Crippen molar-refractivity contribution in [2.75, 3.05) is 10.6 Å². The molecule has 4 aromatic rings. The molecule has 170 valence electrons. The monoisotopic (exact) mass is 502 g/mol. The second-order valence-corrected chi connectivity index (χ2v) is 8.83. The van der Waals surface area contributed by atoms with E-state index in [2.05, 4.69) is 20.8 Å². The van der Waals surface area contributed by atoms with E-state index in [1.165, 1.54) is 12.1 Å². The summed E-state index contributed by atoms with van der Waals surface area (Å²) in [4.78, 5) is 0. The van der Waals surface area contributed by atoms with Gasteiger partial charge in [-0.15, -0.1) is 0 Å². The van der Waals surface area contributed by atoms with Crippen molar-refractivity contribution in [3.8, 4) is 0 Å². The quantitative estimate of drug-likeness (QED) is 0.314. The Labute approximate surface area is 206 Å². The summed E-state index contributed by atoms with van der Waals surface area (Å²) in [6.07, 6.45) is 3.52. The van der Waals surface area contributed by atoms with Crippen molar-refractivity contribution < 1.29 is 4.39 Å². The first-order valence-corrected chi connectivity index (χ1v) is 11.3. The van der Waals surface area contributed by atoms with Gasteiger partial charge in [-0.1, -0.05) is 41.4 Å². The first-order chi connectivity index (χ1) is 15.8. The highest BCUT2D eigenvalue weighted by molar-refractivity contribution is 7.80. The zero-order valence-corrected chi connectivity index (χ0v) is 20.3. The van der Waals surface area contributed by atoms with Gasteiger partial charge in [-0.2, -0.15) is 10.2 Å². The lowest BCUT2D eigenvalue weighted by atomic mass is 10.2. The zero-order valence-electron chi connectivity index (χ0n) is 17.9. The van der Waals surface area contributed by atoms with Crippen LogP contribution in [0.4, 0.5) is 15.8 Å². The van der Waals surface area contributed by atoms with E-state index >= 15 is 0 Å². The highest BCUT2D eigenvalue weighted by Gasteiger charge is 2.14. The van der Waals surface area contributed by atoms with Gasteiger partial charge in [0.05, 0.1) is 42.0 Å². The normalized spacial score (nSPS) is 10.9. The molecule has 0 saturated carbocycles. The van der Waals surface area contributed by atoms with Gasteiger partial charge >= 0.3 is 0 Å². The molecule has 2 heterocycles. The number of anilines is 2. The Kier molecular flexibility index (Phi) is 6.97. The summed E-state index contributed by atoms with van der Waals surface area (Å²) >= 11 is 17.7. The van der Waals surface area contributed by atoms with Crippen LogP contribution in [0.25, 0.3) is 0 Å². The van der Waals surface area contributed by atoms with E-state index in [0.717, 1.165) is 33.9 Å². The number of thiocarbonyl (C=S) groups is 1. The molecule has 0 saturated heterocycles. The average Bonchev–Trinajstić information content (AvgIpc) is 3.29. The van der Waals surface area contributed by atoms with Crippen LogP contribution in [-0.2, 0) is 13.1 Å². The lowest BCUT2D eigenvalue weighted by molar-refractivity contribution is 0.616. The number of hydrogen-bond donors (Lipinski definition) is 2. The van der Waals surface area contributed by atoms with Gasteiger partial charge in [0.15, 0.2) is 5.11 Å². The first kappa shape index (κ1) is 23.2. The molecular formula is C23H21Cl2FN6S. The predicted molar refractivity (Wildman–Crippen MR) is 135 cm³/mol. The Morgan fingerprint density at radius 3 is 2.67 bits per heavy atom. The van der Waals surface area contributed by atoms with E-state index in [4.69, 9.17) is 35.4 Å². The van der Waals surface area contributed by atoms with E-state index in [1.54, 1.807) is 29.1 Å². The maximum Gasteiger partial charge on any atom is 0.175 e. The second kappa shape index (κ2) is 9.91. The Balaban J connectivity index is 1.40. The first-order valence-electron chi connectivity index (χ1n) is 10.1. The fourth-order valence-electron chi connectivity index (χ4n) is 3.45. The predicted octanol–water partition coefficient (Wildman–Crippen LogP) is 6.05. The van der Waals surface area contributed by atoms with Crippen LogP contribution in [0.1, 0.15) is 22.5 Å². The molecule has 0 amide bonds. The van der Waals surface area contributed by atoms with Crippen molar-refractivity contribution in [1.82, 2.24) is 19.6 Å². The van der Waals surface area contributed by atoms with Crippen LogP contribution in [0, 0.1) is 19.7 Å². The summed E-state index contributed by atoms with van der Waals surface area (Å²) in [7, 11) is 0. The third kappa shape index (κ3) is 5.71. The van der Waals surface area contributed by atoms with Gasteiger partial charge in [0.2, 0.25) is 0 Å². The number of hydrogen-bond acceptors (Lipinski definition) is 3. The highest BCUT2D eigenvalue weighted by Crippen LogP contribution is 2.23. The molecule has 2 N–H and O–H groups in total. The number of rotatable bonds is 6. The number of aromatic nitrogens is 4. The summed E-state index contributed by atoms with van der Waals surface area (Å²) < 4.78 is 17.1. The third-order valence-electron chi connectivity index (χ3n) is 5.08. The second-order valence-electron chi connectivity index (χ2n) is 7.57. The molecule has 0 aliphatic carbocycles. The lowest BCUT2D eigenvalue weighted by Gasteiger charge is -2.10. The van der Waals surface area contributed by atoms with Gasteiger partial charge in [0.25, 0.3) is 0 Å². The van der Waals surface area contributed by atoms with Crippen LogP contribution in [0.5, 0.6) is 0 Å². The van der Waals surface area contributed by atoms with Crippen molar-refractivity contribution >= 4 is 51.9 Å². The van der Waals surface area contributed by atoms with Gasteiger partial charge in [-0.3, -0.25) is 9.36 Å². The zero-order chi connectivity index (χ0) is 23.5. The largest absolute Gasteiger partial charge is 0.330 e. The van der Waals surface area contributed by atoms with Gasteiger partial charge < -0.3 is 10.6 Å². The fraction of sp³-hybridized carbons (Fsp3) is 0.174. The van der Waals surface area contributed by atoms with Gasteiger partial charge in [-0.05, 0) is 61.5 Å². The molecule has 0 aliphatic heterocycles. The number of nitrogens with one attached hydrogen (secondary N) is 2. The maximum absolute atomic E-state index is 13.5. The molecule has 0 unspecified atom stereocenters. The molecule has 4 rings (SSSR count). The smallest absolute Gasteiger partial charge is 0.175 e. The van der Waals surface area contributed by atoms with Crippen LogP contribution in [0.2, 0.25) is 10.0 Å². The molecule has 2 aromatic carbocycles. The Bertz CT molecular complexity index is 1320. The molecule has 2 aromatic heterocycles. The van der Waals surface area contributed by atoms with E-state index in [0.29, 0.717) is 28.2 Å². The summed E-state index contributed by atoms with van der Waals surface area (Å²) in [6.45, 7) is 4.81. The van der Waals surface area contributed by atoms with E-state index in [1.807, 2.05) is 36.9 Å². The Morgan fingerprint density at radius 1 is 1.09 bits per heavy atom. The average molecular weight is 503 g/mol. The van der Waals surface area contributed by atoms with Crippen LogP contribution >= 0.6 is 35.4 Å². The molecule has 6 nitrogen and oxygen atoms in total. The minimum atomic E-state index is -0.267. The maximum atomic E-state index is 13.5. The van der Waals surface area contributed by atoms with Crippen LogP contribution in [0.15, 0.2) is 54.9 Å². The summed E-state index contributed by atoms with van der Waals surface area (Å²) in [6, 6.07) is 11.9. The molecule has 33 heavy (non-hydrogen) atoms. The Hall–Kier alpha value is -2.94. The van der Waals surface area contributed by atoms with Crippen molar-refractivity contribution in [2.24, 2.45) is 0 Å². The number of halogens is 3. The highest BCUT2D eigenvalue weighted by atomic mass is 35.5. The Morgan fingerprint density at radius 2 is 1.91 bits per heavy atom. The number of benzene rings is 2. The van der Waals surface area contributed by atoms with E-state index in [9.17, 15) is 4.39 Å². The topological polar surface area (TPSA) is 59.7 Å². The van der Waals surface area contributed by atoms with Crippen LogP contribution in [0.3, 0.4) is 0 Å². The summed E-state index contributed by atoms with van der Waals surface area (Å²) in [5.41, 5.74) is 4.98. The molecule has 0 aliphatic rings. The van der Waals surface area contributed by atoms with E-state index < -0.39 is 0 Å². The van der Waals surface area contributed by atoms with Crippen molar-refractivity contribution in [3.05, 3.63) is 93.2 Å². The minimum absolute atomic E-state index is 0.267. The molecule has 0 bridgehead atoms. The SMILES string of the molecule is Cc1nn(Cc2cccc(F)c2)c(C)c1NC(=S)Nc1cnn(Cc2ccc(Cl)cc2Cl)c1. The third-order valence-corrected chi connectivity index (χ3v) is 5.87. The van der Waals surface area contributed by atoms with Crippen molar-refractivity contribution in [3.63, 3.8) is 0 Å². The van der Waals surface area contributed by atoms with Crippen LogP contribution in [-0.4, -0.2) is 24.7 Å². The van der Waals surface area contributed by atoms with Crippen molar-refractivity contribution in [1.29, 1.82) is 0 Å². The van der Waals surface area contributed by atoms with E-state index in [-0.39, 0.29) is 5.82 Å². The fourth-order valence-corrected chi connectivity index (χ4v) is 4.14. The van der Waals surface area contributed by atoms with Gasteiger partial charge in [0, 0.05) is 16.2 Å². The van der Waals surface area contributed by atoms with Crippen LogP contribution < -0.4 is 10.6 Å². The van der Waals surface area contributed by atoms with Crippen molar-refractivity contribution in [2.45, 2.75) is 26.9 Å². The number of nitrogens with zero attached hydrogens (tertiary/aromatic N) is 4. The standard InChI is InChI=1S/C23H21Cl2FN6S/c1-14-22(15(2)32(30-14)11-16-4-3-5-19(26)8-16)29-23(33)28-20-10-27-31(13-20)12-17-6-7-18(24)9-21(17)25/h3-10,13H,11-12H2,1-2H3,(H2,28,29,33). The molecule has 0 fully saturated rings. The lowest BCUT2D eigenvalue weighted by Crippen LogP contribution is -2.19.